The molecule has 0 aliphatic carbocycles. The predicted molar refractivity (Wildman–Crippen MR) is 86.0 cm³/mol. The third-order valence-corrected chi connectivity index (χ3v) is 3.13. The molecular formula is C15H19N5O. The Labute approximate surface area is 123 Å². The molecule has 2 rings (SSSR count). The summed E-state index contributed by atoms with van der Waals surface area (Å²) < 4.78 is 0. The second-order valence-corrected chi connectivity index (χ2v) is 5.02. The van der Waals surface area contributed by atoms with Crippen LogP contribution in [0.3, 0.4) is 0 Å². The minimum absolute atomic E-state index is 0.173. The molecule has 1 aromatic carbocycles. The van der Waals surface area contributed by atoms with Crippen molar-refractivity contribution in [3.63, 3.8) is 0 Å². The van der Waals surface area contributed by atoms with E-state index in [4.69, 9.17) is 11.5 Å². The Morgan fingerprint density at radius 1 is 1.24 bits per heavy atom. The number of aromatic nitrogens is 1. The van der Waals surface area contributed by atoms with Crippen LogP contribution in [0.5, 0.6) is 0 Å². The zero-order valence-corrected chi connectivity index (χ0v) is 12.3. The van der Waals surface area contributed by atoms with Crippen molar-refractivity contribution in [3.8, 4) is 0 Å². The summed E-state index contributed by atoms with van der Waals surface area (Å²) in [6.07, 6.45) is 0. The first-order chi connectivity index (χ1) is 9.88. The molecule has 0 atom stereocenters. The summed E-state index contributed by atoms with van der Waals surface area (Å²) in [5, 5.41) is 3.12. The fourth-order valence-corrected chi connectivity index (χ4v) is 2.01. The van der Waals surface area contributed by atoms with Crippen molar-refractivity contribution in [3.05, 3.63) is 41.6 Å². The number of primary amides is 1. The fourth-order valence-electron chi connectivity index (χ4n) is 2.01. The number of benzene rings is 1. The van der Waals surface area contributed by atoms with E-state index < -0.39 is 5.91 Å². The lowest BCUT2D eigenvalue weighted by Crippen LogP contribution is -2.14. The lowest BCUT2D eigenvalue weighted by molar-refractivity contribution is 0.0996. The number of hydrogen-bond donors (Lipinski definition) is 3. The molecule has 1 heterocycles. The Morgan fingerprint density at radius 2 is 1.95 bits per heavy atom. The van der Waals surface area contributed by atoms with Crippen LogP contribution in [0.15, 0.2) is 30.3 Å². The summed E-state index contributed by atoms with van der Waals surface area (Å²) in [4.78, 5) is 17.4. The van der Waals surface area contributed by atoms with E-state index in [0.717, 1.165) is 16.9 Å². The normalized spacial score (nSPS) is 10.2. The SMILES string of the molecule is Cc1ccc(Nc2nc(C(N)=O)ccc2N)cc1N(C)C. The topological polar surface area (TPSA) is 97.3 Å². The van der Waals surface area contributed by atoms with Crippen molar-refractivity contribution in [1.29, 1.82) is 0 Å². The van der Waals surface area contributed by atoms with Crippen molar-refractivity contribution in [2.24, 2.45) is 5.73 Å². The monoisotopic (exact) mass is 285 g/mol. The standard InChI is InChI=1S/C15H19N5O/c1-9-4-5-10(8-13(9)20(2)3)18-15-11(16)6-7-12(19-15)14(17)21/h4-8H,16H2,1-3H3,(H2,17,21)(H,18,19). The highest BCUT2D eigenvalue weighted by Gasteiger charge is 2.09. The highest BCUT2D eigenvalue weighted by atomic mass is 16.1. The molecule has 0 aliphatic heterocycles. The number of aryl methyl sites for hydroxylation is 1. The average Bonchev–Trinajstić information content (AvgIpc) is 2.42. The van der Waals surface area contributed by atoms with E-state index in [1.807, 2.05) is 44.1 Å². The zero-order valence-electron chi connectivity index (χ0n) is 12.3. The second kappa shape index (κ2) is 5.70. The molecule has 21 heavy (non-hydrogen) atoms. The lowest BCUT2D eigenvalue weighted by Gasteiger charge is -2.17. The van der Waals surface area contributed by atoms with Gasteiger partial charge in [-0.2, -0.15) is 0 Å². The van der Waals surface area contributed by atoms with Crippen LogP contribution in [0.25, 0.3) is 0 Å². The first-order valence-corrected chi connectivity index (χ1v) is 6.50. The van der Waals surface area contributed by atoms with Crippen molar-refractivity contribution in [2.75, 3.05) is 30.0 Å². The van der Waals surface area contributed by atoms with Crippen molar-refractivity contribution in [2.45, 2.75) is 6.92 Å². The largest absolute Gasteiger partial charge is 0.396 e. The van der Waals surface area contributed by atoms with Crippen molar-refractivity contribution in [1.82, 2.24) is 4.98 Å². The van der Waals surface area contributed by atoms with Crippen LogP contribution in [0.2, 0.25) is 0 Å². The number of nitrogens with zero attached hydrogens (tertiary/aromatic N) is 2. The molecule has 0 spiro atoms. The molecule has 6 nitrogen and oxygen atoms in total. The smallest absolute Gasteiger partial charge is 0.267 e. The zero-order chi connectivity index (χ0) is 15.6. The number of carbonyl (C=O) groups excluding carboxylic acids is 1. The molecule has 1 aromatic heterocycles. The molecule has 0 saturated heterocycles. The number of hydrogen-bond acceptors (Lipinski definition) is 5. The number of rotatable bonds is 4. The van der Waals surface area contributed by atoms with Crippen LogP contribution >= 0.6 is 0 Å². The second-order valence-electron chi connectivity index (χ2n) is 5.02. The quantitative estimate of drug-likeness (QED) is 0.797. The summed E-state index contributed by atoms with van der Waals surface area (Å²) in [7, 11) is 3.96. The molecule has 0 radical (unpaired) electrons. The number of anilines is 4. The van der Waals surface area contributed by atoms with E-state index in [1.165, 1.54) is 6.07 Å². The van der Waals surface area contributed by atoms with E-state index in [2.05, 4.69) is 10.3 Å². The van der Waals surface area contributed by atoms with Gasteiger partial charge in [0.05, 0.1) is 5.69 Å². The first-order valence-electron chi connectivity index (χ1n) is 6.50. The van der Waals surface area contributed by atoms with Crippen LogP contribution in [0.4, 0.5) is 22.9 Å². The van der Waals surface area contributed by atoms with E-state index in [-0.39, 0.29) is 5.69 Å². The highest BCUT2D eigenvalue weighted by molar-refractivity contribution is 5.92. The molecule has 0 bridgehead atoms. The molecule has 2 aromatic rings. The van der Waals surface area contributed by atoms with Gasteiger partial charge in [-0.05, 0) is 36.8 Å². The molecule has 6 heteroatoms. The Bertz CT molecular complexity index is 682. The third kappa shape index (κ3) is 3.22. The van der Waals surface area contributed by atoms with Crippen molar-refractivity contribution >= 4 is 28.8 Å². The molecule has 0 saturated carbocycles. The van der Waals surface area contributed by atoms with Crippen molar-refractivity contribution < 1.29 is 4.79 Å². The molecule has 0 unspecified atom stereocenters. The van der Waals surface area contributed by atoms with Gasteiger partial charge in [-0.1, -0.05) is 6.07 Å². The Balaban J connectivity index is 2.36. The molecule has 1 amide bonds. The minimum atomic E-state index is -0.587. The number of nitrogen functional groups attached to an aromatic ring is 1. The molecule has 0 fully saturated rings. The third-order valence-electron chi connectivity index (χ3n) is 3.13. The van der Waals surface area contributed by atoms with Gasteiger partial charge in [-0.25, -0.2) is 4.98 Å². The summed E-state index contributed by atoms with van der Waals surface area (Å²) in [6.45, 7) is 2.04. The maximum absolute atomic E-state index is 11.2. The molecule has 110 valence electrons. The van der Waals surface area contributed by atoms with Crippen LogP contribution in [0, 0.1) is 6.92 Å². The van der Waals surface area contributed by atoms with E-state index in [0.29, 0.717) is 11.5 Å². The Morgan fingerprint density at radius 3 is 2.57 bits per heavy atom. The maximum atomic E-state index is 11.2. The molecular weight excluding hydrogens is 266 g/mol. The van der Waals surface area contributed by atoms with Gasteiger partial charge in [-0.15, -0.1) is 0 Å². The first kappa shape index (κ1) is 14.6. The number of nitrogens with one attached hydrogen (secondary N) is 1. The van der Waals surface area contributed by atoms with Gasteiger partial charge in [0.2, 0.25) is 0 Å². The van der Waals surface area contributed by atoms with E-state index in [9.17, 15) is 4.79 Å². The van der Waals surface area contributed by atoms with Crippen LogP contribution in [-0.4, -0.2) is 25.0 Å². The number of amides is 1. The van der Waals surface area contributed by atoms with Gasteiger partial charge in [-0.3, -0.25) is 4.79 Å². The summed E-state index contributed by atoms with van der Waals surface area (Å²) >= 11 is 0. The van der Waals surface area contributed by atoms with Crippen LogP contribution in [0.1, 0.15) is 16.1 Å². The number of carbonyl (C=O) groups is 1. The predicted octanol–water partition coefficient (Wildman–Crippen LogP) is 1.88. The van der Waals surface area contributed by atoms with Gasteiger partial charge in [0.1, 0.15) is 5.69 Å². The highest BCUT2D eigenvalue weighted by Crippen LogP contribution is 2.26. The van der Waals surface area contributed by atoms with E-state index >= 15 is 0 Å². The molecule has 5 N–H and O–H groups in total. The van der Waals surface area contributed by atoms with Gasteiger partial charge < -0.3 is 21.7 Å². The minimum Gasteiger partial charge on any atom is -0.396 e. The molecule has 0 aliphatic rings. The summed E-state index contributed by atoms with van der Waals surface area (Å²) in [5.74, 6) is -0.171. The lowest BCUT2D eigenvalue weighted by atomic mass is 10.1. The van der Waals surface area contributed by atoms with Gasteiger partial charge >= 0.3 is 0 Å². The Hall–Kier alpha value is -2.76. The average molecular weight is 285 g/mol. The van der Waals surface area contributed by atoms with E-state index in [1.54, 1.807) is 6.07 Å². The van der Waals surface area contributed by atoms with Gasteiger partial charge in [0, 0.05) is 25.5 Å². The summed E-state index contributed by atoms with van der Waals surface area (Å²) in [6, 6.07) is 9.04. The Kier molecular flexibility index (Phi) is 3.98. The number of pyridine rings is 1. The van der Waals surface area contributed by atoms with Crippen LogP contribution in [-0.2, 0) is 0 Å². The van der Waals surface area contributed by atoms with Gasteiger partial charge in [0.25, 0.3) is 5.91 Å². The number of nitrogens with two attached hydrogens (primary N) is 2. The fraction of sp³-hybridized carbons (Fsp3) is 0.200. The maximum Gasteiger partial charge on any atom is 0.267 e. The summed E-state index contributed by atoms with van der Waals surface area (Å²) in [5.41, 5.74) is 14.8. The van der Waals surface area contributed by atoms with Crippen LogP contribution < -0.4 is 21.7 Å². The van der Waals surface area contributed by atoms with Gasteiger partial charge in [0.15, 0.2) is 5.82 Å².